The lowest BCUT2D eigenvalue weighted by molar-refractivity contribution is -0.156. The van der Waals surface area contributed by atoms with Crippen molar-refractivity contribution in [1.29, 1.82) is 0 Å². The van der Waals surface area contributed by atoms with Gasteiger partial charge in [0.05, 0.1) is 6.42 Å². The predicted molar refractivity (Wildman–Crippen MR) is 67.9 cm³/mol. The number of anilines is 1. The van der Waals surface area contributed by atoms with Crippen molar-refractivity contribution in [3.8, 4) is 0 Å². The highest BCUT2D eigenvalue weighted by Crippen LogP contribution is 2.15. The molecule has 102 valence electrons. The highest BCUT2D eigenvalue weighted by atomic mass is 35.5. The zero-order valence-corrected chi connectivity index (χ0v) is 10.8. The SMILES string of the molecule is CC(=O)OC(CC(=O)O)C(=O)Nc1cccc(Cl)c1. The maximum absolute atomic E-state index is 11.8. The molecule has 1 aromatic rings. The van der Waals surface area contributed by atoms with Gasteiger partial charge in [0.1, 0.15) is 0 Å². The van der Waals surface area contributed by atoms with Crippen molar-refractivity contribution in [2.45, 2.75) is 19.4 Å². The summed E-state index contributed by atoms with van der Waals surface area (Å²) in [6.45, 7) is 1.10. The molecule has 0 bridgehead atoms. The summed E-state index contributed by atoms with van der Waals surface area (Å²) in [7, 11) is 0. The van der Waals surface area contributed by atoms with E-state index in [9.17, 15) is 14.4 Å². The number of rotatable bonds is 5. The number of amides is 1. The number of carbonyl (C=O) groups excluding carboxylic acids is 2. The van der Waals surface area contributed by atoms with Gasteiger partial charge in [0.15, 0.2) is 6.10 Å². The van der Waals surface area contributed by atoms with Gasteiger partial charge < -0.3 is 15.2 Å². The van der Waals surface area contributed by atoms with E-state index in [2.05, 4.69) is 10.1 Å². The minimum absolute atomic E-state index is 0.389. The highest BCUT2D eigenvalue weighted by molar-refractivity contribution is 6.30. The number of hydrogen-bond acceptors (Lipinski definition) is 4. The third kappa shape index (κ3) is 5.39. The van der Waals surface area contributed by atoms with Crippen molar-refractivity contribution in [3.63, 3.8) is 0 Å². The van der Waals surface area contributed by atoms with Gasteiger partial charge in [-0.15, -0.1) is 0 Å². The van der Waals surface area contributed by atoms with Gasteiger partial charge in [-0.1, -0.05) is 17.7 Å². The fourth-order valence-electron chi connectivity index (χ4n) is 1.34. The molecule has 1 unspecified atom stereocenters. The van der Waals surface area contributed by atoms with E-state index in [1.807, 2.05) is 0 Å². The summed E-state index contributed by atoms with van der Waals surface area (Å²) in [5, 5.41) is 11.5. The monoisotopic (exact) mass is 285 g/mol. The Morgan fingerprint density at radius 1 is 1.42 bits per heavy atom. The summed E-state index contributed by atoms with van der Waals surface area (Å²) in [5.74, 6) is -2.69. The maximum atomic E-state index is 11.8. The molecular weight excluding hydrogens is 274 g/mol. The molecule has 1 amide bonds. The van der Waals surface area contributed by atoms with Crippen LogP contribution in [-0.4, -0.2) is 29.1 Å². The molecule has 0 radical (unpaired) electrons. The zero-order valence-electron chi connectivity index (χ0n) is 10.1. The normalized spacial score (nSPS) is 11.5. The molecule has 0 aliphatic carbocycles. The van der Waals surface area contributed by atoms with Gasteiger partial charge in [-0.2, -0.15) is 0 Å². The zero-order chi connectivity index (χ0) is 14.4. The molecule has 19 heavy (non-hydrogen) atoms. The summed E-state index contributed by atoms with van der Waals surface area (Å²) < 4.78 is 4.66. The summed E-state index contributed by atoms with van der Waals surface area (Å²) in [4.78, 5) is 33.2. The van der Waals surface area contributed by atoms with Gasteiger partial charge >= 0.3 is 11.9 Å². The van der Waals surface area contributed by atoms with E-state index < -0.39 is 30.4 Å². The van der Waals surface area contributed by atoms with Crippen molar-refractivity contribution in [1.82, 2.24) is 0 Å². The van der Waals surface area contributed by atoms with Crippen LogP contribution in [0.1, 0.15) is 13.3 Å². The lowest BCUT2D eigenvalue weighted by Gasteiger charge is -2.15. The van der Waals surface area contributed by atoms with Crippen molar-refractivity contribution >= 4 is 35.1 Å². The second kappa shape index (κ2) is 6.75. The summed E-state index contributed by atoms with van der Waals surface area (Å²) in [5.41, 5.74) is 0.389. The molecule has 7 heteroatoms. The van der Waals surface area contributed by atoms with Crippen molar-refractivity contribution < 1.29 is 24.2 Å². The molecule has 0 spiro atoms. The summed E-state index contributed by atoms with van der Waals surface area (Å²) >= 11 is 5.75. The van der Waals surface area contributed by atoms with E-state index in [1.54, 1.807) is 18.2 Å². The molecule has 0 saturated carbocycles. The van der Waals surface area contributed by atoms with Crippen LogP contribution in [0.2, 0.25) is 5.02 Å². The van der Waals surface area contributed by atoms with Gasteiger partial charge in [-0.25, -0.2) is 0 Å². The Labute approximate surface area is 114 Å². The number of carbonyl (C=O) groups is 3. The molecule has 0 saturated heterocycles. The first-order valence-electron chi connectivity index (χ1n) is 5.34. The fraction of sp³-hybridized carbons (Fsp3) is 0.250. The number of benzene rings is 1. The minimum atomic E-state index is -1.38. The Hall–Kier alpha value is -2.08. The quantitative estimate of drug-likeness (QED) is 0.803. The number of ether oxygens (including phenoxy) is 1. The number of carboxylic acids is 1. The summed E-state index contributed by atoms with van der Waals surface area (Å²) in [6.07, 6.45) is -1.99. The first-order valence-corrected chi connectivity index (χ1v) is 5.71. The highest BCUT2D eigenvalue weighted by Gasteiger charge is 2.24. The number of hydrogen-bond donors (Lipinski definition) is 2. The van der Waals surface area contributed by atoms with Crippen molar-refractivity contribution in [2.24, 2.45) is 0 Å². The molecule has 0 fully saturated rings. The number of nitrogens with one attached hydrogen (secondary N) is 1. The van der Waals surface area contributed by atoms with Crippen molar-refractivity contribution in [2.75, 3.05) is 5.32 Å². The van der Waals surface area contributed by atoms with E-state index >= 15 is 0 Å². The fourth-order valence-corrected chi connectivity index (χ4v) is 1.53. The number of esters is 1. The second-order valence-electron chi connectivity index (χ2n) is 3.70. The third-order valence-electron chi connectivity index (χ3n) is 2.05. The van der Waals surface area contributed by atoms with Crippen LogP contribution in [0, 0.1) is 0 Å². The largest absolute Gasteiger partial charge is 0.481 e. The Morgan fingerprint density at radius 2 is 2.11 bits per heavy atom. The van der Waals surface area contributed by atoms with E-state index in [0.29, 0.717) is 10.7 Å². The van der Waals surface area contributed by atoms with Crippen LogP contribution in [0.3, 0.4) is 0 Å². The topological polar surface area (TPSA) is 92.7 Å². The van der Waals surface area contributed by atoms with E-state index in [0.717, 1.165) is 6.92 Å². The van der Waals surface area contributed by atoms with Crippen molar-refractivity contribution in [3.05, 3.63) is 29.3 Å². The average molecular weight is 286 g/mol. The van der Waals surface area contributed by atoms with Gasteiger partial charge in [0, 0.05) is 17.6 Å². The molecule has 0 aliphatic heterocycles. The lowest BCUT2D eigenvalue weighted by Crippen LogP contribution is -2.33. The third-order valence-corrected chi connectivity index (χ3v) is 2.29. The van der Waals surface area contributed by atoms with E-state index in [1.165, 1.54) is 6.07 Å². The molecule has 0 aliphatic rings. The molecular formula is C12H12ClNO5. The number of halogens is 1. The first-order chi connectivity index (χ1) is 8.88. The van der Waals surface area contributed by atoms with Gasteiger partial charge in [0.2, 0.25) is 0 Å². The minimum Gasteiger partial charge on any atom is -0.481 e. The molecule has 1 atom stereocenters. The van der Waals surface area contributed by atoms with Crippen LogP contribution >= 0.6 is 11.6 Å². The Bertz CT molecular complexity index is 487. The molecule has 1 aromatic carbocycles. The van der Waals surface area contributed by atoms with Crippen LogP contribution in [0.5, 0.6) is 0 Å². The molecule has 0 heterocycles. The molecule has 6 nitrogen and oxygen atoms in total. The average Bonchev–Trinajstić information content (AvgIpc) is 2.26. The van der Waals surface area contributed by atoms with Crippen LogP contribution in [0.15, 0.2) is 24.3 Å². The lowest BCUT2D eigenvalue weighted by atomic mass is 10.2. The number of aliphatic carboxylic acids is 1. The van der Waals surface area contributed by atoms with Crippen LogP contribution < -0.4 is 5.32 Å². The molecule has 2 N–H and O–H groups in total. The van der Waals surface area contributed by atoms with Crippen LogP contribution in [0.4, 0.5) is 5.69 Å². The van der Waals surface area contributed by atoms with Crippen LogP contribution in [0.25, 0.3) is 0 Å². The maximum Gasteiger partial charge on any atom is 0.307 e. The Morgan fingerprint density at radius 3 is 2.63 bits per heavy atom. The van der Waals surface area contributed by atoms with Gasteiger partial charge in [0.25, 0.3) is 5.91 Å². The smallest absolute Gasteiger partial charge is 0.307 e. The standard InChI is InChI=1S/C12H12ClNO5/c1-7(15)19-10(6-11(16)17)12(18)14-9-4-2-3-8(13)5-9/h2-5,10H,6H2,1H3,(H,14,18)(H,16,17). The number of carboxylic acid groups (broad SMARTS) is 1. The van der Waals surface area contributed by atoms with Gasteiger partial charge in [-0.3, -0.25) is 14.4 Å². The molecule has 1 rings (SSSR count). The van der Waals surface area contributed by atoms with E-state index in [-0.39, 0.29) is 0 Å². The van der Waals surface area contributed by atoms with Gasteiger partial charge in [-0.05, 0) is 18.2 Å². The first kappa shape index (κ1) is 15.0. The van der Waals surface area contributed by atoms with Crippen LogP contribution in [-0.2, 0) is 19.1 Å². The van der Waals surface area contributed by atoms with E-state index in [4.69, 9.17) is 16.7 Å². The molecule has 0 aromatic heterocycles. The predicted octanol–water partition coefficient (Wildman–Crippen LogP) is 1.68. The Kier molecular flexibility index (Phi) is 5.32. The second-order valence-corrected chi connectivity index (χ2v) is 4.13. The summed E-state index contributed by atoms with van der Waals surface area (Å²) in [6, 6.07) is 6.31. The Balaban J connectivity index is 2.76.